The van der Waals surface area contributed by atoms with E-state index in [0.29, 0.717) is 0 Å². The van der Waals surface area contributed by atoms with Crippen LogP contribution < -0.4 is 22.9 Å². The highest BCUT2D eigenvalue weighted by Gasteiger charge is 2.15. The molecule has 1 amide bonds. The number of carbonyl (C=O) groups is 1. The standard InChI is InChI=1S/C6H8ClN7O.ClH/c7-2-4(9)13-3(8)1(12-2)5(15)14-6(10)11;/h(H4,8,9,13)(H4,10,11,14,15);1H. The first-order valence-corrected chi connectivity index (χ1v) is 4.02. The number of carbonyl (C=O) groups excluding carboxylic acids is 1. The second-order valence-corrected chi connectivity index (χ2v) is 2.83. The summed E-state index contributed by atoms with van der Waals surface area (Å²) in [5.41, 5.74) is 20.5. The number of aromatic nitrogens is 2. The Hall–Kier alpha value is -1.80. The summed E-state index contributed by atoms with van der Waals surface area (Å²) in [4.78, 5) is 21.7. The minimum atomic E-state index is -0.832. The lowest BCUT2D eigenvalue weighted by Crippen LogP contribution is -2.24. The van der Waals surface area contributed by atoms with E-state index in [4.69, 9.17) is 34.5 Å². The van der Waals surface area contributed by atoms with Crippen molar-refractivity contribution in [2.75, 3.05) is 11.5 Å². The lowest BCUT2D eigenvalue weighted by atomic mass is 10.4. The van der Waals surface area contributed by atoms with Crippen LogP contribution in [0.1, 0.15) is 10.5 Å². The van der Waals surface area contributed by atoms with Gasteiger partial charge in [0.2, 0.25) is 0 Å². The quantitative estimate of drug-likeness (QED) is 0.379. The third-order valence-electron chi connectivity index (χ3n) is 1.34. The number of nitrogens with zero attached hydrogens (tertiary/aromatic N) is 3. The average molecular weight is 266 g/mol. The zero-order chi connectivity index (χ0) is 11.6. The fourth-order valence-corrected chi connectivity index (χ4v) is 0.896. The van der Waals surface area contributed by atoms with Crippen LogP contribution in [0.5, 0.6) is 0 Å². The van der Waals surface area contributed by atoms with Crippen molar-refractivity contribution >= 4 is 47.5 Å². The highest BCUT2D eigenvalue weighted by atomic mass is 35.5. The van der Waals surface area contributed by atoms with Gasteiger partial charge in [-0.2, -0.15) is 4.99 Å². The summed E-state index contributed by atoms with van der Waals surface area (Å²) in [5.74, 6) is -1.50. The Kier molecular flexibility index (Phi) is 4.73. The van der Waals surface area contributed by atoms with Crippen molar-refractivity contribution in [2.45, 2.75) is 0 Å². The minimum absolute atomic E-state index is 0. The van der Waals surface area contributed by atoms with Gasteiger partial charge in [-0.1, -0.05) is 11.6 Å². The van der Waals surface area contributed by atoms with Crippen LogP contribution in [-0.4, -0.2) is 21.8 Å². The number of nitrogens with two attached hydrogens (primary N) is 4. The highest BCUT2D eigenvalue weighted by Crippen LogP contribution is 2.17. The van der Waals surface area contributed by atoms with Gasteiger partial charge in [-0.3, -0.25) is 4.79 Å². The van der Waals surface area contributed by atoms with Crippen molar-refractivity contribution in [1.82, 2.24) is 9.97 Å². The van der Waals surface area contributed by atoms with Crippen LogP contribution in [0.25, 0.3) is 0 Å². The first-order valence-electron chi connectivity index (χ1n) is 3.64. The maximum Gasteiger partial charge on any atom is 0.302 e. The molecule has 0 radical (unpaired) electrons. The van der Waals surface area contributed by atoms with Gasteiger partial charge in [0.1, 0.15) is 0 Å². The van der Waals surface area contributed by atoms with Crippen molar-refractivity contribution in [2.24, 2.45) is 16.5 Å². The van der Waals surface area contributed by atoms with Gasteiger partial charge in [0.25, 0.3) is 0 Å². The summed E-state index contributed by atoms with van der Waals surface area (Å²) in [6, 6.07) is 0. The van der Waals surface area contributed by atoms with E-state index in [2.05, 4.69) is 15.0 Å². The van der Waals surface area contributed by atoms with E-state index in [1.165, 1.54) is 0 Å². The molecule has 8 nitrogen and oxygen atoms in total. The van der Waals surface area contributed by atoms with Gasteiger partial charge in [-0.05, 0) is 0 Å². The van der Waals surface area contributed by atoms with Crippen LogP contribution >= 0.6 is 24.0 Å². The SMILES string of the molecule is Cl.NC(N)=NC(=O)c1nc(Cl)c(N)nc1N. The largest absolute Gasteiger partial charge is 0.382 e. The summed E-state index contributed by atoms with van der Waals surface area (Å²) < 4.78 is 0. The average Bonchev–Trinajstić information content (AvgIpc) is 2.09. The second-order valence-electron chi connectivity index (χ2n) is 2.48. The first-order chi connectivity index (χ1) is 6.91. The summed E-state index contributed by atoms with van der Waals surface area (Å²) in [7, 11) is 0. The molecule has 0 spiro atoms. The summed E-state index contributed by atoms with van der Waals surface area (Å²) in [5, 5.41) is -0.140. The van der Waals surface area contributed by atoms with Crippen molar-refractivity contribution in [3.63, 3.8) is 0 Å². The number of halogens is 2. The Bertz CT molecular complexity index is 443. The number of guanidine groups is 1. The zero-order valence-electron chi connectivity index (χ0n) is 7.85. The molecule has 0 aromatic carbocycles. The van der Waals surface area contributed by atoms with Gasteiger partial charge < -0.3 is 22.9 Å². The maximum atomic E-state index is 11.3. The minimum Gasteiger partial charge on any atom is -0.382 e. The van der Waals surface area contributed by atoms with Crippen LogP contribution in [0, 0.1) is 0 Å². The molecule has 0 fully saturated rings. The lowest BCUT2D eigenvalue weighted by Gasteiger charge is -2.02. The van der Waals surface area contributed by atoms with Gasteiger partial charge in [0.15, 0.2) is 28.4 Å². The molecule has 1 heterocycles. The Balaban J connectivity index is 0.00000225. The predicted molar refractivity (Wildman–Crippen MR) is 63.3 cm³/mol. The Labute approximate surface area is 101 Å². The number of aliphatic imine (C=N–C) groups is 1. The number of nitrogen functional groups attached to an aromatic ring is 2. The summed E-state index contributed by atoms with van der Waals surface area (Å²) in [6.45, 7) is 0. The van der Waals surface area contributed by atoms with E-state index < -0.39 is 11.9 Å². The van der Waals surface area contributed by atoms with E-state index in [9.17, 15) is 4.79 Å². The molecule has 0 atom stereocenters. The van der Waals surface area contributed by atoms with E-state index in [-0.39, 0.29) is 34.9 Å². The van der Waals surface area contributed by atoms with Crippen LogP contribution in [0.4, 0.5) is 11.6 Å². The Morgan fingerprint density at radius 3 is 2.25 bits per heavy atom. The zero-order valence-corrected chi connectivity index (χ0v) is 9.42. The predicted octanol–water partition coefficient (Wildman–Crippen LogP) is -0.870. The van der Waals surface area contributed by atoms with Crippen LogP contribution in [-0.2, 0) is 0 Å². The normalized spacial score (nSPS) is 9.06. The van der Waals surface area contributed by atoms with Crippen molar-refractivity contribution in [3.8, 4) is 0 Å². The number of anilines is 2. The third-order valence-corrected chi connectivity index (χ3v) is 1.62. The monoisotopic (exact) mass is 265 g/mol. The van der Waals surface area contributed by atoms with Crippen LogP contribution in [0.2, 0.25) is 5.15 Å². The molecule has 1 aromatic heterocycles. The molecule has 8 N–H and O–H groups in total. The van der Waals surface area contributed by atoms with E-state index in [0.717, 1.165) is 0 Å². The Morgan fingerprint density at radius 1 is 1.19 bits per heavy atom. The molecule has 10 heteroatoms. The fourth-order valence-electron chi connectivity index (χ4n) is 0.769. The Morgan fingerprint density at radius 2 is 1.75 bits per heavy atom. The van der Waals surface area contributed by atoms with Crippen molar-refractivity contribution in [3.05, 3.63) is 10.8 Å². The lowest BCUT2D eigenvalue weighted by molar-refractivity contribution is 0.0998. The smallest absolute Gasteiger partial charge is 0.302 e. The molecule has 88 valence electrons. The molecule has 0 aliphatic carbocycles. The van der Waals surface area contributed by atoms with Crippen molar-refractivity contribution in [1.29, 1.82) is 0 Å². The second kappa shape index (κ2) is 5.33. The maximum absolute atomic E-state index is 11.3. The van der Waals surface area contributed by atoms with Crippen LogP contribution in [0.15, 0.2) is 4.99 Å². The van der Waals surface area contributed by atoms with Gasteiger partial charge >= 0.3 is 5.91 Å². The molecule has 0 bridgehead atoms. The molecule has 0 unspecified atom stereocenters. The number of hydrogen-bond acceptors (Lipinski definition) is 5. The molecule has 1 aromatic rings. The van der Waals surface area contributed by atoms with Gasteiger partial charge in [0, 0.05) is 0 Å². The van der Waals surface area contributed by atoms with Gasteiger partial charge in [0.05, 0.1) is 0 Å². The molecular weight excluding hydrogens is 257 g/mol. The molecular formula is C6H9Cl2N7O. The third kappa shape index (κ3) is 3.11. The van der Waals surface area contributed by atoms with Crippen molar-refractivity contribution < 1.29 is 4.79 Å². The van der Waals surface area contributed by atoms with Gasteiger partial charge in [-0.25, -0.2) is 9.97 Å². The first kappa shape index (κ1) is 14.2. The van der Waals surface area contributed by atoms with E-state index in [1.54, 1.807) is 0 Å². The topological polar surface area (TPSA) is 159 Å². The molecule has 0 aliphatic rings. The van der Waals surface area contributed by atoms with E-state index >= 15 is 0 Å². The molecule has 0 saturated heterocycles. The molecule has 0 saturated carbocycles. The summed E-state index contributed by atoms with van der Waals surface area (Å²) >= 11 is 5.55. The van der Waals surface area contributed by atoms with Gasteiger partial charge in [-0.15, -0.1) is 12.4 Å². The highest BCUT2D eigenvalue weighted by molar-refractivity contribution is 6.31. The molecule has 1 rings (SSSR count). The molecule has 16 heavy (non-hydrogen) atoms. The number of amides is 1. The van der Waals surface area contributed by atoms with Crippen LogP contribution in [0.3, 0.4) is 0 Å². The number of rotatable bonds is 1. The van der Waals surface area contributed by atoms with E-state index in [1.807, 2.05) is 0 Å². The number of hydrogen-bond donors (Lipinski definition) is 4. The summed E-state index contributed by atoms with van der Waals surface area (Å²) in [6.07, 6.45) is 0. The molecule has 0 aliphatic heterocycles. The fraction of sp³-hybridized carbons (Fsp3) is 0.